The first-order valence-corrected chi connectivity index (χ1v) is 7.86. The van der Waals surface area contributed by atoms with Crippen molar-refractivity contribution >= 4 is 25.7 Å². The van der Waals surface area contributed by atoms with Crippen molar-refractivity contribution in [3.63, 3.8) is 0 Å². The molecule has 0 aliphatic rings. The molecule has 0 unspecified atom stereocenters. The minimum atomic E-state index is 1.25. The van der Waals surface area contributed by atoms with Crippen LogP contribution in [0.5, 0.6) is 0 Å². The van der Waals surface area contributed by atoms with Gasteiger partial charge in [-0.05, 0) is 0 Å². The summed E-state index contributed by atoms with van der Waals surface area (Å²) in [6, 6.07) is 28.1. The van der Waals surface area contributed by atoms with Gasteiger partial charge in [0.2, 0.25) is 0 Å². The van der Waals surface area contributed by atoms with Gasteiger partial charge in [0.05, 0.1) is 0 Å². The molecule has 0 amide bonds. The van der Waals surface area contributed by atoms with Crippen LogP contribution in [0.2, 0.25) is 0 Å². The van der Waals surface area contributed by atoms with Crippen molar-refractivity contribution in [2.24, 2.45) is 0 Å². The topological polar surface area (TPSA) is 0 Å². The van der Waals surface area contributed by atoms with E-state index in [2.05, 4.69) is 97.2 Å². The molecule has 0 spiro atoms. The molecule has 101 valence electrons. The van der Waals surface area contributed by atoms with E-state index in [9.17, 15) is 0 Å². The summed E-state index contributed by atoms with van der Waals surface area (Å²) in [5.41, 5.74) is 2.62. The SMILES string of the molecule is [Ru][c]1ccc2ccccc2c1-c1cccc2ccccc12. The Labute approximate surface area is 134 Å². The standard InChI is InChI=1S/C20H13.Ru/c1-3-11-17-15(7-1)9-5-13-19(17)20-14-6-10-16-8-2-4-12-18(16)20;/h1-13H;. The van der Waals surface area contributed by atoms with Gasteiger partial charge in [0.1, 0.15) is 0 Å². The molecule has 0 aliphatic carbocycles. The van der Waals surface area contributed by atoms with Crippen molar-refractivity contribution in [2.75, 3.05) is 0 Å². The Kier molecular flexibility index (Phi) is 3.09. The van der Waals surface area contributed by atoms with Gasteiger partial charge in [-0.2, -0.15) is 0 Å². The molecule has 4 rings (SSSR count). The first kappa shape index (κ1) is 12.7. The molecule has 0 radical (unpaired) electrons. The third-order valence-electron chi connectivity index (χ3n) is 3.93. The minimum absolute atomic E-state index is 1.25. The van der Waals surface area contributed by atoms with Gasteiger partial charge < -0.3 is 0 Å². The van der Waals surface area contributed by atoms with Gasteiger partial charge in [0.15, 0.2) is 0 Å². The Balaban J connectivity index is 2.16. The Hall–Kier alpha value is -1.98. The molecule has 0 aliphatic heterocycles. The molecular formula is C20H13Ru. The van der Waals surface area contributed by atoms with E-state index in [0.717, 1.165) is 0 Å². The van der Waals surface area contributed by atoms with Crippen LogP contribution in [0.4, 0.5) is 0 Å². The van der Waals surface area contributed by atoms with Crippen LogP contribution in [0.25, 0.3) is 32.7 Å². The van der Waals surface area contributed by atoms with Crippen molar-refractivity contribution < 1.29 is 18.3 Å². The summed E-state index contributed by atoms with van der Waals surface area (Å²) in [5, 5.41) is 5.19. The number of hydrogen-bond donors (Lipinski definition) is 0. The van der Waals surface area contributed by atoms with Crippen LogP contribution in [0.3, 0.4) is 0 Å². The molecule has 0 aromatic heterocycles. The predicted octanol–water partition coefficient (Wildman–Crippen LogP) is 4.83. The maximum absolute atomic E-state index is 2.77. The summed E-state index contributed by atoms with van der Waals surface area (Å²) in [7, 11) is 0. The summed E-state index contributed by atoms with van der Waals surface area (Å²) < 4.78 is 1.25. The third kappa shape index (κ3) is 2.09. The van der Waals surface area contributed by atoms with Crippen molar-refractivity contribution in [1.82, 2.24) is 0 Å². The summed E-state index contributed by atoms with van der Waals surface area (Å²) in [6.07, 6.45) is 0. The molecule has 0 heterocycles. The van der Waals surface area contributed by atoms with Crippen LogP contribution >= 0.6 is 0 Å². The van der Waals surface area contributed by atoms with Gasteiger partial charge in [-0.3, -0.25) is 0 Å². The van der Waals surface area contributed by atoms with E-state index in [1.807, 2.05) is 0 Å². The van der Waals surface area contributed by atoms with Gasteiger partial charge in [-0.15, -0.1) is 0 Å². The normalized spacial score (nSPS) is 11.1. The maximum atomic E-state index is 2.77. The van der Waals surface area contributed by atoms with Gasteiger partial charge in [0, 0.05) is 0 Å². The number of benzene rings is 4. The van der Waals surface area contributed by atoms with E-state index >= 15 is 0 Å². The van der Waals surface area contributed by atoms with Crippen molar-refractivity contribution in [1.29, 1.82) is 0 Å². The zero-order chi connectivity index (χ0) is 14.2. The molecule has 0 saturated carbocycles. The van der Waals surface area contributed by atoms with E-state index in [-0.39, 0.29) is 0 Å². The fraction of sp³-hybridized carbons (Fsp3) is 0. The number of fused-ring (bicyclic) bond motifs is 2. The fourth-order valence-corrected chi connectivity index (χ4v) is 3.57. The molecule has 1 heteroatoms. The van der Waals surface area contributed by atoms with Crippen molar-refractivity contribution in [3.8, 4) is 11.1 Å². The van der Waals surface area contributed by atoms with Gasteiger partial charge in [-0.1, -0.05) is 0 Å². The molecule has 0 bridgehead atoms. The predicted molar refractivity (Wildman–Crippen MR) is 86.5 cm³/mol. The van der Waals surface area contributed by atoms with Crippen LogP contribution in [0.1, 0.15) is 0 Å². The van der Waals surface area contributed by atoms with Gasteiger partial charge in [-0.25, -0.2) is 0 Å². The molecule has 0 saturated heterocycles. The van der Waals surface area contributed by atoms with Crippen LogP contribution in [-0.4, -0.2) is 0 Å². The second-order valence-corrected chi connectivity index (χ2v) is 6.09. The molecule has 0 nitrogen and oxygen atoms in total. The van der Waals surface area contributed by atoms with Gasteiger partial charge in [0.25, 0.3) is 0 Å². The first-order chi connectivity index (χ1) is 10.3. The monoisotopic (exact) mass is 355 g/mol. The summed E-state index contributed by atoms with van der Waals surface area (Å²) in [5.74, 6) is 0. The molecule has 21 heavy (non-hydrogen) atoms. The Bertz CT molecular complexity index is 949. The zero-order valence-electron chi connectivity index (χ0n) is 11.4. The summed E-state index contributed by atoms with van der Waals surface area (Å²) >= 11 is 2.77. The van der Waals surface area contributed by atoms with E-state index in [1.165, 1.54) is 36.8 Å². The average molecular weight is 354 g/mol. The Morgan fingerprint density at radius 2 is 1.14 bits per heavy atom. The first-order valence-electron chi connectivity index (χ1n) is 6.99. The number of rotatable bonds is 1. The molecular weight excluding hydrogens is 341 g/mol. The van der Waals surface area contributed by atoms with Crippen LogP contribution in [0, 0.1) is 0 Å². The number of hydrogen-bond acceptors (Lipinski definition) is 0. The van der Waals surface area contributed by atoms with Crippen LogP contribution in [-0.2, 0) is 18.3 Å². The molecule has 0 atom stereocenters. The quantitative estimate of drug-likeness (QED) is 0.430. The summed E-state index contributed by atoms with van der Waals surface area (Å²) in [6.45, 7) is 0. The third-order valence-corrected chi connectivity index (χ3v) is 4.65. The second-order valence-electron chi connectivity index (χ2n) is 5.16. The Morgan fingerprint density at radius 1 is 0.524 bits per heavy atom. The van der Waals surface area contributed by atoms with Crippen molar-refractivity contribution in [3.05, 3.63) is 78.9 Å². The fourth-order valence-electron chi connectivity index (χ4n) is 2.95. The van der Waals surface area contributed by atoms with E-state index in [0.29, 0.717) is 0 Å². The van der Waals surface area contributed by atoms with E-state index in [4.69, 9.17) is 0 Å². The molecule has 0 N–H and O–H groups in total. The van der Waals surface area contributed by atoms with Crippen molar-refractivity contribution in [2.45, 2.75) is 0 Å². The molecule has 4 aromatic rings. The Morgan fingerprint density at radius 3 is 1.95 bits per heavy atom. The second kappa shape index (κ2) is 5.09. The molecule has 4 aromatic carbocycles. The van der Waals surface area contributed by atoms with Crippen LogP contribution in [0.15, 0.2) is 78.9 Å². The van der Waals surface area contributed by atoms with Gasteiger partial charge >= 0.3 is 134 Å². The average Bonchev–Trinajstić information content (AvgIpc) is 2.54. The van der Waals surface area contributed by atoms with E-state index in [1.54, 1.807) is 0 Å². The van der Waals surface area contributed by atoms with E-state index < -0.39 is 0 Å². The van der Waals surface area contributed by atoms with Crippen LogP contribution < -0.4 is 4.16 Å². The summed E-state index contributed by atoms with van der Waals surface area (Å²) in [4.78, 5) is 0. The molecule has 0 fully saturated rings. The zero-order valence-corrected chi connectivity index (χ0v) is 13.1.